The largest absolute Gasteiger partial charge is 0.497 e. The van der Waals surface area contributed by atoms with Gasteiger partial charge in [0.25, 0.3) is 5.91 Å². The number of halogens is 1. The van der Waals surface area contributed by atoms with Crippen molar-refractivity contribution < 1.29 is 9.53 Å². The highest BCUT2D eigenvalue weighted by Gasteiger charge is 2.31. The molecule has 0 spiro atoms. The molecule has 7 heteroatoms. The Morgan fingerprint density at radius 1 is 1.33 bits per heavy atom. The summed E-state index contributed by atoms with van der Waals surface area (Å²) >= 11 is 6.63. The van der Waals surface area contributed by atoms with Crippen molar-refractivity contribution in [3.05, 3.63) is 56.8 Å². The first-order chi connectivity index (χ1) is 13.1. The van der Waals surface area contributed by atoms with Gasteiger partial charge in [-0.1, -0.05) is 12.1 Å². The van der Waals surface area contributed by atoms with Crippen molar-refractivity contribution in [3.63, 3.8) is 0 Å². The number of likely N-dealkylation sites (tertiary alicyclic amines) is 1. The smallest absolute Gasteiger partial charge is 0.273 e. The second-order valence-corrected chi connectivity index (χ2v) is 9.20. The number of thiazole rings is 1. The number of aromatic nitrogens is 1. The van der Waals surface area contributed by atoms with E-state index in [0.29, 0.717) is 5.69 Å². The molecule has 3 heterocycles. The Morgan fingerprint density at radius 3 is 3.00 bits per heavy atom. The zero-order chi connectivity index (χ0) is 18.8. The first-order valence-corrected chi connectivity index (χ1v) is 11.3. The van der Waals surface area contributed by atoms with E-state index < -0.39 is 0 Å². The summed E-state index contributed by atoms with van der Waals surface area (Å²) in [6, 6.07) is 10.3. The van der Waals surface area contributed by atoms with Gasteiger partial charge in [0.1, 0.15) is 16.5 Å². The summed E-state index contributed by atoms with van der Waals surface area (Å²) in [7, 11) is 1.68. The molecule has 1 unspecified atom stereocenters. The van der Waals surface area contributed by atoms with E-state index in [1.54, 1.807) is 18.4 Å². The van der Waals surface area contributed by atoms with Crippen molar-refractivity contribution in [3.8, 4) is 15.6 Å². The summed E-state index contributed by atoms with van der Waals surface area (Å²) < 4.78 is 6.36. The Bertz CT molecular complexity index is 953. The zero-order valence-corrected chi connectivity index (χ0v) is 18.1. The molecule has 1 atom stereocenters. The minimum Gasteiger partial charge on any atom is -0.497 e. The molecular formula is C20H19BrN2O2S2. The molecule has 140 valence electrons. The highest BCUT2D eigenvalue weighted by atomic mass is 79.9. The lowest BCUT2D eigenvalue weighted by atomic mass is 10.0. The van der Waals surface area contributed by atoms with Crippen molar-refractivity contribution in [1.29, 1.82) is 0 Å². The number of thiophene rings is 1. The van der Waals surface area contributed by atoms with E-state index >= 15 is 0 Å². The van der Waals surface area contributed by atoms with Gasteiger partial charge in [-0.2, -0.15) is 0 Å². The summed E-state index contributed by atoms with van der Waals surface area (Å²) in [5.74, 6) is 0.896. The van der Waals surface area contributed by atoms with E-state index in [4.69, 9.17) is 4.74 Å². The lowest BCUT2D eigenvalue weighted by Crippen LogP contribution is -2.37. The number of ether oxygens (including phenoxy) is 1. The van der Waals surface area contributed by atoms with Gasteiger partial charge in [0.15, 0.2) is 0 Å². The first-order valence-electron chi connectivity index (χ1n) is 8.78. The van der Waals surface area contributed by atoms with Gasteiger partial charge in [0.05, 0.1) is 12.0 Å². The second kappa shape index (κ2) is 8.12. The van der Waals surface area contributed by atoms with Crippen LogP contribution in [-0.4, -0.2) is 35.5 Å². The third-order valence-corrected chi connectivity index (χ3v) is 7.45. The molecule has 1 amide bonds. The fraction of sp³-hybridized carbons (Fsp3) is 0.300. The molecule has 1 saturated heterocycles. The van der Waals surface area contributed by atoms with E-state index in [-0.39, 0.29) is 11.9 Å². The molecule has 3 aromatic rings. The number of methoxy groups -OCH3 is 1. The maximum atomic E-state index is 13.1. The van der Waals surface area contributed by atoms with Gasteiger partial charge >= 0.3 is 0 Å². The molecule has 0 N–H and O–H groups in total. The molecule has 1 aromatic carbocycles. The van der Waals surface area contributed by atoms with E-state index in [1.165, 1.54) is 16.9 Å². The summed E-state index contributed by atoms with van der Waals surface area (Å²) in [6.07, 6.45) is 2.91. The average Bonchev–Trinajstić information content (AvgIpc) is 3.41. The highest BCUT2D eigenvalue weighted by Crippen LogP contribution is 2.33. The number of hydrogen-bond acceptors (Lipinski definition) is 5. The summed E-state index contributed by atoms with van der Waals surface area (Å²) in [5.41, 5.74) is 1.75. The van der Waals surface area contributed by atoms with Crippen LogP contribution in [0, 0.1) is 0 Å². The van der Waals surface area contributed by atoms with Crippen LogP contribution in [-0.2, 0) is 6.42 Å². The van der Waals surface area contributed by atoms with Crippen LogP contribution in [0.5, 0.6) is 5.75 Å². The molecule has 0 bridgehead atoms. The normalized spacial score (nSPS) is 16.7. The molecular weight excluding hydrogens is 444 g/mol. The quantitative estimate of drug-likeness (QED) is 0.503. The van der Waals surface area contributed by atoms with Gasteiger partial charge in [0.2, 0.25) is 0 Å². The van der Waals surface area contributed by atoms with Gasteiger partial charge in [-0.25, -0.2) is 4.98 Å². The molecule has 1 aliphatic rings. The van der Waals surface area contributed by atoms with Crippen LogP contribution in [0.3, 0.4) is 0 Å². The lowest BCUT2D eigenvalue weighted by molar-refractivity contribution is 0.0731. The Hall–Kier alpha value is -1.70. The SMILES string of the molecule is COc1cccc(CC2CCCN2C(=O)c2csc(-c3cc(Br)cs3)n2)c1. The lowest BCUT2D eigenvalue weighted by Gasteiger charge is -2.24. The monoisotopic (exact) mass is 462 g/mol. The first kappa shape index (κ1) is 18.7. The Kier molecular flexibility index (Phi) is 5.61. The highest BCUT2D eigenvalue weighted by molar-refractivity contribution is 9.10. The van der Waals surface area contributed by atoms with E-state index in [9.17, 15) is 4.79 Å². The van der Waals surface area contributed by atoms with Crippen molar-refractivity contribution >= 4 is 44.5 Å². The third-order valence-electron chi connectivity index (χ3n) is 4.75. The van der Waals surface area contributed by atoms with E-state index in [1.807, 2.05) is 33.9 Å². The maximum Gasteiger partial charge on any atom is 0.273 e. The number of amides is 1. The van der Waals surface area contributed by atoms with Crippen LogP contribution in [0.1, 0.15) is 28.9 Å². The van der Waals surface area contributed by atoms with Crippen LogP contribution in [0.15, 0.2) is 45.6 Å². The summed E-state index contributed by atoms with van der Waals surface area (Å²) in [5, 5.41) is 4.81. The van der Waals surface area contributed by atoms with Crippen LogP contribution in [0.4, 0.5) is 0 Å². The number of carbonyl (C=O) groups is 1. The van der Waals surface area contributed by atoms with Crippen molar-refractivity contribution in [2.75, 3.05) is 13.7 Å². The van der Waals surface area contributed by atoms with Gasteiger partial charge in [-0.3, -0.25) is 4.79 Å². The fourth-order valence-corrected chi connectivity index (χ4v) is 5.75. The number of nitrogens with zero attached hydrogens (tertiary/aromatic N) is 2. The molecule has 0 saturated carbocycles. The fourth-order valence-electron chi connectivity index (χ4n) is 3.44. The van der Waals surface area contributed by atoms with Gasteiger partial charge < -0.3 is 9.64 Å². The number of carbonyl (C=O) groups excluding carboxylic acids is 1. The topological polar surface area (TPSA) is 42.4 Å². The van der Waals surface area contributed by atoms with E-state index in [0.717, 1.165) is 45.9 Å². The van der Waals surface area contributed by atoms with Crippen LogP contribution >= 0.6 is 38.6 Å². The van der Waals surface area contributed by atoms with Crippen LogP contribution in [0.2, 0.25) is 0 Å². The van der Waals surface area contributed by atoms with Crippen LogP contribution < -0.4 is 4.74 Å². The molecule has 1 aliphatic heterocycles. The van der Waals surface area contributed by atoms with Gasteiger partial charge in [0, 0.05) is 27.8 Å². The molecule has 1 fully saturated rings. The molecule has 0 aliphatic carbocycles. The van der Waals surface area contributed by atoms with Crippen molar-refractivity contribution in [2.24, 2.45) is 0 Å². The second-order valence-electron chi connectivity index (χ2n) is 6.52. The minimum atomic E-state index is 0.0403. The number of benzene rings is 1. The van der Waals surface area contributed by atoms with Gasteiger partial charge in [-0.05, 0) is 59.0 Å². The van der Waals surface area contributed by atoms with E-state index in [2.05, 4.69) is 33.0 Å². The minimum absolute atomic E-state index is 0.0403. The molecule has 0 radical (unpaired) electrons. The van der Waals surface area contributed by atoms with Crippen molar-refractivity contribution in [1.82, 2.24) is 9.88 Å². The summed E-state index contributed by atoms with van der Waals surface area (Å²) in [6.45, 7) is 0.797. The average molecular weight is 463 g/mol. The standard InChI is InChI=1S/C20H19BrN2O2S2/c1-25-16-6-2-4-13(9-16)8-15-5-3-7-23(15)20(24)17-12-27-19(22-17)18-10-14(21)11-26-18/h2,4,6,9-12,15H,3,5,7-8H2,1H3. The predicted molar refractivity (Wildman–Crippen MR) is 114 cm³/mol. The Balaban J connectivity index is 1.50. The molecule has 4 rings (SSSR count). The van der Waals surface area contributed by atoms with Crippen molar-refractivity contribution in [2.45, 2.75) is 25.3 Å². The molecule has 27 heavy (non-hydrogen) atoms. The predicted octanol–water partition coefficient (Wildman–Crippen LogP) is 5.49. The third kappa shape index (κ3) is 4.10. The Labute approximate surface area is 174 Å². The zero-order valence-electron chi connectivity index (χ0n) is 14.9. The number of hydrogen-bond donors (Lipinski definition) is 0. The summed E-state index contributed by atoms with van der Waals surface area (Å²) in [4.78, 5) is 20.7. The molecule has 4 nitrogen and oxygen atoms in total. The maximum absolute atomic E-state index is 13.1. The molecule has 2 aromatic heterocycles. The van der Waals surface area contributed by atoms with Gasteiger partial charge in [-0.15, -0.1) is 22.7 Å². The van der Waals surface area contributed by atoms with Crippen LogP contribution in [0.25, 0.3) is 9.88 Å². The number of rotatable bonds is 5. The Morgan fingerprint density at radius 2 is 2.22 bits per heavy atom.